The van der Waals surface area contributed by atoms with Gasteiger partial charge in [-0.1, -0.05) is 18.5 Å². The largest absolute Gasteiger partial charge is 0.369 e. The Balaban J connectivity index is 2.04. The number of carbonyl (C=O) groups is 1. The first-order chi connectivity index (χ1) is 9.04. The predicted molar refractivity (Wildman–Crippen MR) is 77.7 cm³/mol. The summed E-state index contributed by atoms with van der Waals surface area (Å²) < 4.78 is 0. The lowest BCUT2D eigenvalue weighted by Crippen LogP contribution is -2.50. The van der Waals surface area contributed by atoms with Gasteiger partial charge in [-0.15, -0.1) is 0 Å². The molecule has 104 valence electrons. The molecule has 19 heavy (non-hydrogen) atoms. The van der Waals surface area contributed by atoms with Crippen LogP contribution in [0, 0.1) is 0 Å². The van der Waals surface area contributed by atoms with Crippen molar-refractivity contribution < 1.29 is 4.79 Å². The van der Waals surface area contributed by atoms with Crippen molar-refractivity contribution in [2.75, 3.05) is 11.9 Å². The molecule has 5 heteroatoms. The molecule has 1 aliphatic rings. The Morgan fingerprint density at radius 1 is 1.53 bits per heavy atom. The number of aromatic nitrogens is 1. The topological polar surface area (TPSA) is 54.0 Å². The van der Waals surface area contributed by atoms with Crippen molar-refractivity contribution >= 4 is 23.3 Å². The first-order valence-corrected chi connectivity index (χ1v) is 7.14. The van der Waals surface area contributed by atoms with Crippen LogP contribution in [0.15, 0.2) is 12.3 Å². The van der Waals surface area contributed by atoms with Gasteiger partial charge < -0.3 is 10.6 Å². The molecule has 1 aromatic heterocycles. The number of anilines is 1. The van der Waals surface area contributed by atoms with Crippen LogP contribution in [-0.2, 0) is 0 Å². The summed E-state index contributed by atoms with van der Waals surface area (Å²) in [5, 5.41) is 6.65. The van der Waals surface area contributed by atoms with Gasteiger partial charge in [-0.05, 0) is 38.7 Å². The van der Waals surface area contributed by atoms with Gasteiger partial charge in [0.2, 0.25) is 0 Å². The van der Waals surface area contributed by atoms with Crippen LogP contribution >= 0.6 is 11.6 Å². The normalized spacial score (nSPS) is 16.6. The Bertz CT molecular complexity index is 472. The quantitative estimate of drug-likeness (QED) is 0.871. The number of amides is 1. The van der Waals surface area contributed by atoms with Crippen LogP contribution in [0.1, 0.15) is 49.9 Å². The van der Waals surface area contributed by atoms with Crippen LogP contribution in [0.5, 0.6) is 0 Å². The van der Waals surface area contributed by atoms with Gasteiger partial charge in [0.25, 0.3) is 5.91 Å². The van der Waals surface area contributed by atoms with Crippen molar-refractivity contribution in [3.8, 4) is 0 Å². The first-order valence-electron chi connectivity index (χ1n) is 6.76. The van der Waals surface area contributed by atoms with Gasteiger partial charge in [0.1, 0.15) is 5.82 Å². The van der Waals surface area contributed by atoms with E-state index in [1.165, 1.54) is 6.42 Å². The average Bonchev–Trinajstić information content (AvgIpc) is 2.35. The lowest BCUT2D eigenvalue weighted by atomic mass is 9.78. The van der Waals surface area contributed by atoms with E-state index in [0.717, 1.165) is 25.8 Å². The fourth-order valence-electron chi connectivity index (χ4n) is 2.11. The van der Waals surface area contributed by atoms with Gasteiger partial charge in [-0.3, -0.25) is 4.79 Å². The number of carbonyl (C=O) groups excluding carboxylic acids is 1. The number of halogens is 1. The summed E-state index contributed by atoms with van der Waals surface area (Å²) in [6, 6.07) is 1.67. The molecule has 2 N–H and O–H groups in total. The molecular weight excluding hydrogens is 262 g/mol. The highest BCUT2D eigenvalue weighted by Gasteiger charge is 2.33. The van der Waals surface area contributed by atoms with Crippen LogP contribution in [0.2, 0.25) is 5.02 Å². The lowest BCUT2D eigenvalue weighted by molar-refractivity contribution is 0.0850. The van der Waals surface area contributed by atoms with Gasteiger partial charge in [0.15, 0.2) is 0 Å². The second-order valence-electron chi connectivity index (χ2n) is 5.35. The van der Waals surface area contributed by atoms with Crippen molar-refractivity contribution in [1.29, 1.82) is 0 Å². The molecule has 1 saturated carbocycles. The molecule has 1 aromatic rings. The minimum Gasteiger partial charge on any atom is -0.369 e. The Morgan fingerprint density at radius 2 is 2.26 bits per heavy atom. The molecule has 0 spiro atoms. The van der Waals surface area contributed by atoms with Crippen LogP contribution in [0.3, 0.4) is 0 Å². The molecule has 0 aliphatic heterocycles. The summed E-state index contributed by atoms with van der Waals surface area (Å²) >= 11 is 6.12. The van der Waals surface area contributed by atoms with Crippen molar-refractivity contribution in [3.05, 3.63) is 22.8 Å². The Labute approximate surface area is 118 Å². The maximum atomic E-state index is 12.1. The Kier molecular flexibility index (Phi) is 4.30. The lowest BCUT2D eigenvalue weighted by Gasteiger charge is -2.39. The SMILES string of the molecule is CCCNc1ncc(C(=O)NC2(C)CCC2)cc1Cl. The van der Waals surface area contributed by atoms with Crippen LogP contribution in [0.25, 0.3) is 0 Å². The summed E-state index contributed by atoms with van der Waals surface area (Å²) in [6.45, 7) is 4.96. The molecule has 0 atom stereocenters. The second kappa shape index (κ2) is 5.78. The molecule has 4 nitrogen and oxygen atoms in total. The number of pyridine rings is 1. The Morgan fingerprint density at radius 3 is 2.79 bits per heavy atom. The fourth-order valence-corrected chi connectivity index (χ4v) is 2.35. The molecular formula is C14H20ClN3O. The van der Waals surface area contributed by atoms with E-state index < -0.39 is 0 Å². The third-order valence-electron chi connectivity index (χ3n) is 3.52. The summed E-state index contributed by atoms with van der Waals surface area (Å²) in [7, 11) is 0. The monoisotopic (exact) mass is 281 g/mol. The van der Waals surface area contributed by atoms with E-state index in [1.54, 1.807) is 12.3 Å². The molecule has 0 aromatic carbocycles. The molecule has 0 saturated heterocycles. The van der Waals surface area contributed by atoms with E-state index >= 15 is 0 Å². The highest BCUT2D eigenvalue weighted by Crippen LogP contribution is 2.31. The van der Waals surface area contributed by atoms with E-state index in [2.05, 4.69) is 29.5 Å². The summed E-state index contributed by atoms with van der Waals surface area (Å²) in [5.41, 5.74) is 0.461. The van der Waals surface area contributed by atoms with Crippen LogP contribution < -0.4 is 10.6 Å². The molecule has 1 heterocycles. The van der Waals surface area contributed by atoms with Gasteiger partial charge in [0.05, 0.1) is 10.6 Å². The van der Waals surface area contributed by atoms with Crippen LogP contribution in [0.4, 0.5) is 5.82 Å². The van der Waals surface area contributed by atoms with Crippen LogP contribution in [-0.4, -0.2) is 23.0 Å². The average molecular weight is 282 g/mol. The molecule has 1 fully saturated rings. The van der Waals surface area contributed by atoms with E-state index in [9.17, 15) is 4.79 Å². The van der Waals surface area contributed by atoms with Gasteiger partial charge in [0, 0.05) is 18.3 Å². The molecule has 1 amide bonds. The summed E-state index contributed by atoms with van der Waals surface area (Å²) in [6.07, 6.45) is 5.82. The first kappa shape index (κ1) is 14.1. The highest BCUT2D eigenvalue weighted by atomic mass is 35.5. The zero-order valence-electron chi connectivity index (χ0n) is 11.4. The van der Waals surface area contributed by atoms with Gasteiger partial charge in [-0.2, -0.15) is 0 Å². The summed E-state index contributed by atoms with van der Waals surface area (Å²) in [5.74, 6) is 0.536. The minimum atomic E-state index is -0.0985. The second-order valence-corrected chi connectivity index (χ2v) is 5.76. The standard InChI is InChI=1S/C14H20ClN3O/c1-3-7-16-12-11(15)8-10(9-17-12)13(19)18-14(2)5-4-6-14/h8-9H,3-7H2,1-2H3,(H,16,17)(H,18,19). The maximum absolute atomic E-state index is 12.1. The number of hydrogen-bond acceptors (Lipinski definition) is 3. The van der Waals surface area contributed by atoms with Gasteiger partial charge in [-0.25, -0.2) is 4.98 Å². The van der Waals surface area contributed by atoms with Gasteiger partial charge >= 0.3 is 0 Å². The molecule has 0 unspecified atom stereocenters. The van der Waals surface area contributed by atoms with Crippen molar-refractivity contribution in [1.82, 2.24) is 10.3 Å². The summed E-state index contributed by atoms with van der Waals surface area (Å²) in [4.78, 5) is 16.3. The maximum Gasteiger partial charge on any atom is 0.253 e. The minimum absolute atomic E-state index is 0.0529. The molecule has 0 radical (unpaired) electrons. The smallest absolute Gasteiger partial charge is 0.253 e. The van der Waals surface area contributed by atoms with Crippen molar-refractivity contribution in [2.24, 2.45) is 0 Å². The highest BCUT2D eigenvalue weighted by molar-refractivity contribution is 6.33. The Hall–Kier alpha value is -1.29. The van der Waals surface area contributed by atoms with E-state index in [4.69, 9.17) is 11.6 Å². The number of rotatable bonds is 5. The van der Waals surface area contributed by atoms with E-state index in [-0.39, 0.29) is 11.4 Å². The zero-order valence-corrected chi connectivity index (χ0v) is 12.2. The van der Waals surface area contributed by atoms with Crippen molar-refractivity contribution in [2.45, 2.75) is 45.1 Å². The number of nitrogens with one attached hydrogen (secondary N) is 2. The molecule has 0 bridgehead atoms. The molecule has 2 rings (SSSR count). The van der Waals surface area contributed by atoms with Crippen molar-refractivity contribution in [3.63, 3.8) is 0 Å². The third kappa shape index (κ3) is 3.38. The predicted octanol–water partition coefficient (Wildman–Crippen LogP) is 3.23. The van der Waals surface area contributed by atoms with E-state index in [1.807, 2.05) is 0 Å². The fraction of sp³-hybridized carbons (Fsp3) is 0.571. The van der Waals surface area contributed by atoms with E-state index in [0.29, 0.717) is 16.4 Å². The third-order valence-corrected chi connectivity index (χ3v) is 3.81. The number of hydrogen-bond donors (Lipinski definition) is 2. The number of nitrogens with zero attached hydrogens (tertiary/aromatic N) is 1. The zero-order chi connectivity index (χ0) is 13.9. The molecule has 1 aliphatic carbocycles.